The number of fused-ring (bicyclic) bond motifs is 1. The molecule has 1 aromatic carbocycles. The Morgan fingerprint density at radius 3 is 2.94 bits per heavy atom. The molecule has 0 aliphatic heterocycles. The molecule has 1 aliphatic rings. The predicted molar refractivity (Wildman–Crippen MR) is 71.0 cm³/mol. The molecule has 0 bridgehead atoms. The fraction of sp³-hybridized carbons (Fsp3) is 0.286. The molecular weight excluding hydrogens is 248 g/mol. The fourth-order valence-electron chi connectivity index (χ4n) is 2.49. The minimum absolute atomic E-state index is 0.214. The minimum Gasteiger partial charge on any atom is -0.294 e. The lowest BCUT2D eigenvalue weighted by molar-refractivity contribution is 0.0994. The molecule has 0 fully saturated rings. The van der Waals surface area contributed by atoms with Gasteiger partial charge in [0.1, 0.15) is 0 Å². The van der Waals surface area contributed by atoms with E-state index < -0.39 is 0 Å². The van der Waals surface area contributed by atoms with E-state index in [4.69, 9.17) is 11.6 Å². The van der Waals surface area contributed by atoms with Gasteiger partial charge in [-0.15, -0.1) is 0 Å². The van der Waals surface area contributed by atoms with E-state index in [-0.39, 0.29) is 5.78 Å². The summed E-state index contributed by atoms with van der Waals surface area (Å²) in [5.41, 5.74) is 3.86. The summed E-state index contributed by atoms with van der Waals surface area (Å²) in [6.45, 7) is 2.86. The second-order valence-corrected chi connectivity index (χ2v) is 4.86. The van der Waals surface area contributed by atoms with Crippen molar-refractivity contribution in [1.82, 2.24) is 9.78 Å². The van der Waals surface area contributed by atoms with Crippen molar-refractivity contribution in [2.24, 2.45) is 0 Å². The maximum atomic E-state index is 11.8. The number of ketones is 1. The quantitative estimate of drug-likeness (QED) is 0.830. The Bertz CT molecular complexity index is 631. The van der Waals surface area contributed by atoms with E-state index >= 15 is 0 Å². The highest BCUT2D eigenvalue weighted by Gasteiger charge is 2.24. The summed E-state index contributed by atoms with van der Waals surface area (Å²) >= 11 is 6.29. The van der Waals surface area contributed by atoms with Gasteiger partial charge >= 0.3 is 0 Å². The van der Waals surface area contributed by atoms with Crippen LogP contribution in [0, 0.1) is 0 Å². The number of aromatic nitrogens is 2. The predicted octanol–water partition coefficient (Wildman–Crippen LogP) is 3.35. The van der Waals surface area contributed by atoms with Crippen molar-refractivity contribution >= 4 is 17.4 Å². The van der Waals surface area contributed by atoms with Crippen LogP contribution < -0.4 is 0 Å². The third-order valence-electron chi connectivity index (χ3n) is 3.41. The first-order chi connectivity index (χ1) is 8.70. The number of rotatable bonds is 2. The molecule has 0 N–H and O–H groups in total. The molecule has 1 aliphatic carbocycles. The SMILES string of the molecule is CCn1cc(-c2c(Cl)ccc3c2CCC3=O)cn1. The van der Waals surface area contributed by atoms with E-state index in [1.54, 1.807) is 0 Å². The molecule has 0 radical (unpaired) electrons. The van der Waals surface area contributed by atoms with Gasteiger partial charge in [-0.3, -0.25) is 9.48 Å². The van der Waals surface area contributed by atoms with Crippen LogP contribution in [0.1, 0.15) is 29.3 Å². The smallest absolute Gasteiger partial charge is 0.163 e. The van der Waals surface area contributed by atoms with Crippen molar-refractivity contribution in [3.05, 3.63) is 40.7 Å². The number of halogens is 1. The van der Waals surface area contributed by atoms with Gasteiger partial charge in [-0.05, 0) is 31.0 Å². The number of hydrogen-bond donors (Lipinski definition) is 0. The van der Waals surface area contributed by atoms with Gasteiger partial charge in [0, 0.05) is 40.9 Å². The molecular formula is C14H13ClN2O. The molecule has 1 aromatic heterocycles. The van der Waals surface area contributed by atoms with E-state index in [0.29, 0.717) is 11.4 Å². The second-order valence-electron chi connectivity index (χ2n) is 4.46. The summed E-state index contributed by atoms with van der Waals surface area (Å²) < 4.78 is 1.86. The van der Waals surface area contributed by atoms with Crippen LogP contribution in [0.15, 0.2) is 24.5 Å². The van der Waals surface area contributed by atoms with Gasteiger partial charge < -0.3 is 0 Å². The minimum atomic E-state index is 0.214. The Balaban J connectivity index is 2.20. The van der Waals surface area contributed by atoms with E-state index in [9.17, 15) is 4.79 Å². The van der Waals surface area contributed by atoms with E-state index in [2.05, 4.69) is 5.10 Å². The van der Waals surface area contributed by atoms with Gasteiger partial charge in [0.15, 0.2) is 5.78 Å². The average Bonchev–Trinajstić information content (AvgIpc) is 2.97. The van der Waals surface area contributed by atoms with E-state index in [1.165, 1.54) is 0 Å². The highest BCUT2D eigenvalue weighted by atomic mass is 35.5. The molecule has 0 atom stereocenters. The zero-order chi connectivity index (χ0) is 12.7. The number of hydrogen-bond acceptors (Lipinski definition) is 2. The molecule has 18 heavy (non-hydrogen) atoms. The third-order valence-corrected chi connectivity index (χ3v) is 3.73. The van der Waals surface area contributed by atoms with E-state index in [1.807, 2.05) is 36.1 Å². The molecule has 3 nitrogen and oxygen atoms in total. The summed E-state index contributed by atoms with van der Waals surface area (Å²) in [6, 6.07) is 3.64. The number of carbonyl (C=O) groups is 1. The zero-order valence-corrected chi connectivity index (χ0v) is 10.9. The first kappa shape index (κ1) is 11.5. The molecule has 1 heterocycles. The average molecular weight is 261 g/mol. The number of benzene rings is 1. The summed E-state index contributed by atoms with van der Waals surface area (Å²) in [5, 5.41) is 4.96. The van der Waals surface area contributed by atoms with Crippen LogP contribution in [-0.2, 0) is 13.0 Å². The summed E-state index contributed by atoms with van der Waals surface area (Å²) in [6.07, 6.45) is 5.16. The molecule has 3 rings (SSSR count). The molecule has 0 saturated carbocycles. The largest absolute Gasteiger partial charge is 0.294 e. The van der Waals surface area contributed by atoms with Crippen molar-refractivity contribution in [2.45, 2.75) is 26.3 Å². The Morgan fingerprint density at radius 2 is 2.22 bits per heavy atom. The molecule has 0 saturated heterocycles. The maximum absolute atomic E-state index is 11.8. The van der Waals surface area contributed by atoms with Crippen molar-refractivity contribution < 1.29 is 4.79 Å². The van der Waals surface area contributed by atoms with Gasteiger partial charge in [-0.2, -0.15) is 5.10 Å². The van der Waals surface area contributed by atoms with Crippen LogP contribution >= 0.6 is 11.6 Å². The lowest BCUT2D eigenvalue weighted by atomic mass is 9.99. The number of aryl methyl sites for hydroxylation is 1. The number of nitrogens with zero attached hydrogens (tertiary/aromatic N) is 2. The first-order valence-electron chi connectivity index (χ1n) is 6.08. The van der Waals surface area contributed by atoms with Crippen LogP contribution in [0.25, 0.3) is 11.1 Å². The maximum Gasteiger partial charge on any atom is 0.163 e. The van der Waals surface area contributed by atoms with Crippen LogP contribution in [0.5, 0.6) is 0 Å². The Kier molecular flexibility index (Phi) is 2.71. The monoisotopic (exact) mass is 260 g/mol. The Hall–Kier alpha value is -1.61. The van der Waals surface area contributed by atoms with Crippen LogP contribution in [-0.4, -0.2) is 15.6 Å². The van der Waals surface area contributed by atoms with Crippen molar-refractivity contribution in [1.29, 1.82) is 0 Å². The van der Waals surface area contributed by atoms with Gasteiger partial charge in [0.05, 0.1) is 6.20 Å². The molecule has 2 aromatic rings. The lowest BCUT2D eigenvalue weighted by Crippen LogP contribution is -1.94. The normalized spacial score (nSPS) is 14.0. The summed E-state index contributed by atoms with van der Waals surface area (Å²) in [4.78, 5) is 11.8. The van der Waals surface area contributed by atoms with Crippen molar-refractivity contribution in [3.63, 3.8) is 0 Å². The molecule has 0 amide bonds. The lowest BCUT2D eigenvalue weighted by Gasteiger charge is -2.08. The second kappa shape index (κ2) is 4.25. The highest BCUT2D eigenvalue weighted by Crippen LogP contribution is 2.37. The van der Waals surface area contributed by atoms with Gasteiger partial charge in [0.25, 0.3) is 0 Å². The van der Waals surface area contributed by atoms with Crippen molar-refractivity contribution in [2.75, 3.05) is 0 Å². The Morgan fingerprint density at radius 1 is 1.39 bits per heavy atom. The Labute approximate surface area is 110 Å². The van der Waals surface area contributed by atoms with Crippen LogP contribution in [0.2, 0.25) is 5.02 Å². The number of carbonyl (C=O) groups excluding carboxylic acids is 1. The molecule has 92 valence electrons. The fourth-order valence-corrected chi connectivity index (χ4v) is 2.78. The molecule has 4 heteroatoms. The molecule has 0 spiro atoms. The third kappa shape index (κ3) is 1.66. The standard InChI is InChI=1S/C14H13ClN2O/c1-2-17-8-9(7-16-17)14-11-4-6-13(18)10(11)3-5-12(14)15/h3,5,7-8H,2,4,6H2,1H3. The number of Topliss-reactive ketones (excluding diaryl/α,β-unsaturated/α-hetero) is 1. The van der Waals surface area contributed by atoms with Gasteiger partial charge in [-0.25, -0.2) is 0 Å². The van der Waals surface area contributed by atoms with Crippen molar-refractivity contribution in [3.8, 4) is 11.1 Å². The van der Waals surface area contributed by atoms with Gasteiger partial charge in [-0.1, -0.05) is 11.6 Å². The summed E-state index contributed by atoms with van der Waals surface area (Å²) in [7, 11) is 0. The summed E-state index contributed by atoms with van der Waals surface area (Å²) in [5.74, 6) is 0.214. The first-order valence-corrected chi connectivity index (χ1v) is 6.46. The van der Waals surface area contributed by atoms with Crippen LogP contribution in [0.4, 0.5) is 0 Å². The van der Waals surface area contributed by atoms with E-state index in [0.717, 1.165) is 35.2 Å². The highest BCUT2D eigenvalue weighted by molar-refractivity contribution is 6.33. The molecule has 0 unspecified atom stereocenters. The zero-order valence-electron chi connectivity index (χ0n) is 10.1. The van der Waals surface area contributed by atoms with Gasteiger partial charge in [0.2, 0.25) is 0 Å². The van der Waals surface area contributed by atoms with Crippen LogP contribution in [0.3, 0.4) is 0 Å². The topological polar surface area (TPSA) is 34.9 Å².